The molecule has 0 N–H and O–H groups in total. The smallest absolute Gasteiger partial charge is 0.267 e. The van der Waals surface area contributed by atoms with Crippen LogP contribution in [0, 0.1) is 0 Å². The van der Waals surface area contributed by atoms with Crippen molar-refractivity contribution in [1.29, 1.82) is 0 Å². The third-order valence-corrected chi connectivity index (χ3v) is 5.45. The maximum absolute atomic E-state index is 13.3. The highest BCUT2D eigenvalue weighted by atomic mass is 35.5. The highest BCUT2D eigenvalue weighted by Crippen LogP contribution is 2.28. The van der Waals surface area contributed by atoms with E-state index in [9.17, 15) is 4.79 Å². The monoisotopic (exact) mass is 443 g/mol. The first kappa shape index (κ1) is 19.6. The van der Waals surface area contributed by atoms with Crippen LogP contribution in [0.5, 0.6) is 0 Å². The lowest BCUT2D eigenvalue weighted by atomic mass is 10.2. The van der Waals surface area contributed by atoms with Gasteiger partial charge in [0.2, 0.25) is 0 Å². The summed E-state index contributed by atoms with van der Waals surface area (Å²) in [5.41, 5.74) is 1.23. The standard InChI is InChI=1S/C20H15Cl2N5OS/c1-26(2)24-9-12-7-17(29-11-12)19-25-16-5-3-13(21)8-15(16)20(28)27(19)18-6-4-14(22)10-23-18/h3-11H,1-2H3. The van der Waals surface area contributed by atoms with Crippen LogP contribution >= 0.6 is 34.5 Å². The number of hydrogen-bond donors (Lipinski definition) is 0. The van der Waals surface area contributed by atoms with Gasteiger partial charge in [-0.05, 0) is 36.4 Å². The number of nitrogens with zero attached hydrogens (tertiary/aromatic N) is 5. The maximum Gasteiger partial charge on any atom is 0.267 e. The fraction of sp³-hybridized carbons (Fsp3) is 0.100. The van der Waals surface area contributed by atoms with E-state index in [1.165, 1.54) is 22.1 Å². The summed E-state index contributed by atoms with van der Waals surface area (Å²) in [6, 6.07) is 10.4. The minimum Gasteiger partial charge on any atom is -0.303 e. The summed E-state index contributed by atoms with van der Waals surface area (Å²) in [6.45, 7) is 0. The second-order valence-electron chi connectivity index (χ2n) is 6.41. The van der Waals surface area contributed by atoms with Crippen LogP contribution in [0.15, 0.2) is 57.9 Å². The van der Waals surface area contributed by atoms with Crippen molar-refractivity contribution in [2.75, 3.05) is 14.1 Å². The van der Waals surface area contributed by atoms with Gasteiger partial charge in [0.05, 0.1) is 27.0 Å². The number of thiophene rings is 1. The maximum atomic E-state index is 13.3. The van der Waals surface area contributed by atoms with Crippen LogP contribution < -0.4 is 5.56 Å². The third kappa shape index (κ3) is 4.03. The molecule has 0 unspecified atom stereocenters. The lowest BCUT2D eigenvalue weighted by Crippen LogP contribution is -2.22. The quantitative estimate of drug-likeness (QED) is 0.338. The van der Waals surface area contributed by atoms with Crippen molar-refractivity contribution in [3.8, 4) is 16.5 Å². The van der Waals surface area contributed by atoms with Crippen molar-refractivity contribution in [3.05, 3.63) is 73.9 Å². The Morgan fingerprint density at radius 1 is 1.14 bits per heavy atom. The van der Waals surface area contributed by atoms with Gasteiger partial charge in [-0.15, -0.1) is 11.3 Å². The number of fused-ring (bicyclic) bond motifs is 1. The Morgan fingerprint density at radius 3 is 2.66 bits per heavy atom. The molecule has 0 spiro atoms. The Kier molecular flexibility index (Phi) is 5.36. The van der Waals surface area contributed by atoms with Gasteiger partial charge in [0.25, 0.3) is 5.56 Å². The van der Waals surface area contributed by atoms with E-state index in [0.29, 0.717) is 32.6 Å². The molecular weight excluding hydrogens is 429 g/mol. The minimum absolute atomic E-state index is 0.251. The highest BCUT2D eigenvalue weighted by Gasteiger charge is 2.17. The molecule has 0 radical (unpaired) electrons. The normalized spacial score (nSPS) is 11.4. The highest BCUT2D eigenvalue weighted by molar-refractivity contribution is 7.13. The molecule has 0 aliphatic carbocycles. The van der Waals surface area contributed by atoms with Gasteiger partial charge in [0, 0.05) is 36.3 Å². The molecule has 0 saturated heterocycles. The Hall–Kier alpha value is -2.74. The van der Waals surface area contributed by atoms with Gasteiger partial charge in [0.15, 0.2) is 5.82 Å². The predicted octanol–water partition coefficient (Wildman–Crippen LogP) is 4.71. The van der Waals surface area contributed by atoms with E-state index in [1.54, 1.807) is 41.6 Å². The van der Waals surface area contributed by atoms with Crippen LogP contribution in [0.1, 0.15) is 5.56 Å². The molecule has 29 heavy (non-hydrogen) atoms. The molecule has 0 fully saturated rings. The summed E-state index contributed by atoms with van der Waals surface area (Å²) in [6.07, 6.45) is 3.25. The van der Waals surface area contributed by atoms with Gasteiger partial charge in [-0.3, -0.25) is 4.79 Å². The van der Waals surface area contributed by atoms with E-state index in [2.05, 4.69) is 10.1 Å². The van der Waals surface area contributed by atoms with Crippen LogP contribution in [0.4, 0.5) is 0 Å². The molecule has 4 rings (SSSR count). The second-order valence-corrected chi connectivity index (χ2v) is 8.19. The number of hydrazone groups is 1. The molecule has 3 heterocycles. The number of hydrogen-bond acceptors (Lipinski definition) is 6. The van der Waals surface area contributed by atoms with E-state index in [4.69, 9.17) is 28.2 Å². The Morgan fingerprint density at radius 2 is 1.93 bits per heavy atom. The molecule has 0 amide bonds. The lowest BCUT2D eigenvalue weighted by molar-refractivity contribution is 0.440. The van der Waals surface area contributed by atoms with Crippen LogP contribution in [-0.4, -0.2) is 39.9 Å². The van der Waals surface area contributed by atoms with Crippen LogP contribution in [0.3, 0.4) is 0 Å². The predicted molar refractivity (Wildman–Crippen MR) is 120 cm³/mol. The van der Waals surface area contributed by atoms with Gasteiger partial charge in [-0.2, -0.15) is 5.10 Å². The molecule has 0 aliphatic rings. The van der Waals surface area contributed by atoms with Crippen LogP contribution in [0.25, 0.3) is 27.4 Å². The van der Waals surface area contributed by atoms with Crippen LogP contribution in [-0.2, 0) is 0 Å². The zero-order valence-electron chi connectivity index (χ0n) is 15.5. The largest absolute Gasteiger partial charge is 0.303 e. The van der Waals surface area contributed by atoms with Gasteiger partial charge in [-0.1, -0.05) is 23.2 Å². The van der Waals surface area contributed by atoms with E-state index in [1.807, 2.05) is 25.5 Å². The van der Waals surface area contributed by atoms with Crippen molar-refractivity contribution in [1.82, 2.24) is 19.5 Å². The lowest BCUT2D eigenvalue weighted by Gasteiger charge is -2.12. The minimum atomic E-state index is -0.251. The average Bonchev–Trinajstić information content (AvgIpc) is 3.17. The van der Waals surface area contributed by atoms with Crippen molar-refractivity contribution in [2.24, 2.45) is 5.10 Å². The van der Waals surface area contributed by atoms with Crippen LogP contribution in [0.2, 0.25) is 10.0 Å². The molecule has 0 aliphatic heterocycles. The molecule has 6 nitrogen and oxygen atoms in total. The van der Waals surface area contributed by atoms with E-state index >= 15 is 0 Å². The van der Waals surface area contributed by atoms with Gasteiger partial charge in [0.1, 0.15) is 5.82 Å². The van der Waals surface area contributed by atoms with Crippen molar-refractivity contribution in [2.45, 2.75) is 0 Å². The third-order valence-electron chi connectivity index (χ3n) is 4.05. The number of rotatable bonds is 4. The molecule has 4 aromatic rings. The van der Waals surface area contributed by atoms with Crippen molar-refractivity contribution in [3.63, 3.8) is 0 Å². The zero-order chi connectivity index (χ0) is 20.5. The topological polar surface area (TPSA) is 63.4 Å². The van der Waals surface area contributed by atoms with E-state index in [-0.39, 0.29) is 5.56 Å². The Balaban J connectivity index is 1.97. The zero-order valence-corrected chi connectivity index (χ0v) is 17.8. The summed E-state index contributed by atoms with van der Waals surface area (Å²) in [5, 5.41) is 9.30. The number of pyridine rings is 1. The molecule has 146 valence electrons. The molecule has 3 aromatic heterocycles. The molecule has 9 heteroatoms. The fourth-order valence-corrected chi connectivity index (χ4v) is 3.88. The molecule has 0 bridgehead atoms. The van der Waals surface area contributed by atoms with Gasteiger partial charge < -0.3 is 5.01 Å². The van der Waals surface area contributed by atoms with E-state index < -0.39 is 0 Å². The van der Waals surface area contributed by atoms with Gasteiger partial charge in [-0.25, -0.2) is 14.5 Å². The summed E-state index contributed by atoms with van der Waals surface area (Å²) in [4.78, 5) is 23.2. The molecule has 0 saturated carbocycles. The summed E-state index contributed by atoms with van der Waals surface area (Å²) in [5.74, 6) is 0.926. The summed E-state index contributed by atoms with van der Waals surface area (Å²) < 4.78 is 1.48. The number of benzene rings is 1. The number of halogens is 2. The van der Waals surface area contributed by atoms with E-state index in [0.717, 1.165) is 10.4 Å². The summed E-state index contributed by atoms with van der Waals surface area (Å²) >= 11 is 13.6. The first-order chi connectivity index (χ1) is 13.9. The first-order valence-electron chi connectivity index (χ1n) is 8.57. The first-order valence-corrected chi connectivity index (χ1v) is 10.2. The summed E-state index contributed by atoms with van der Waals surface area (Å²) in [7, 11) is 3.70. The second kappa shape index (κ2) is 7.94. The Labute approximate surface area is 180 Å². The number of aromatic nitrogens is 3. The van der Waals surface area contributed by atoms with Crippen molar-refractivity contribution < 1.29 is 0 Å². The molecule has 0 atom stereocenters. The SMILES string of the molecule is CN(C)N=Cc1csc(-c2nc3ccc(Cl)cc3c(=O)n2-c2ccc(Cl)cn2)c1. The Bertz CT molecular complexity index is 1280. The average molecular weight is 444 g/mol. The molecular formula is C20H15Cl2N5OS. The molecule has 1 aromatic carbocycles. The van der Waals surface area contributed by atoms with Crippen molar-refractivity contribution >= 4 is 51.7 Å². The fourth-order valence-electron chi connectivity index (χ4n) is 2.75. The van der Waals surface area contributed by atoms with Gasteiger partial charge >= 0.3 is 0 Å².